The summed E-state index contributed by atoms with van der Waals surface area (Å²) in [6.45, 7) is 2.16. The SMILES string of the molecule is COc1ccccc1-c1ccc(NC[C@H](C)O)nn1. The van der Waals surface area contributed by atoms with Crippen molar-refractivity contribution in [3.8, 4) is 17.0 Å². The smallest absolute Gasteiger partial charge is 0.148 e. The summed E-state index contributed by atoms with van der Waals surface area (Å²) < 4.78 is 5.29. The van der Waals surface area contributed by atoms with Crippen molar-refractivity contribution in [1.82, 2.24) is 10.2 Å². The van der Waals surface area contributed by atoms with E-state index in [1.54, 1.807) is 14.0 Å². The van der Waals surface area contributed by atoms with Gasteiger partial charge in [-0.1, -0.05) is 12.1 Å². The number of nitrogens with one attached hydrogen (secondary N) is 1. The van der Waals surface area contributed by atoms with Crippen molar-refractivity contribution in [3.63, 3.8) is 0 Å². The molecule has 0 aliphatic heterocycles. The molecule has 0 saturated carbocycles. The third kappa shape index (κ3) is 3.42. The maximum absolute atomic E-state index is 9.19. The lowest BCUT2D eigenvalue weighted by atomic mass is 10.1. The number of para-hydroxylation sites is 1. The van der Waals surface area contributed by atoms with Gasteiger partial charge in [-0.2, -0.15) is 0 Å². The third-order valence-electron chi connectivity index (χ3n) is 2.63. The van der Waals surface area contributed by atoms with Crippen LogP contribution in [0.3, 0.4) is 0 Å². The van der Waals surface area contributed by atoms with Crippen molar-refractivity contribution in [1.29, 1.82) is 0 Å². The topological polar surface area (TPSA) is 67.3 Å². The van der Waals surface area contributed by atoms with Crippen molar-refractivity contribution in [2.75, 3.05) is 19.0 Å². The van der Waals surface area contributed by atoms with Gasteiger partial charge in [-0.15, -0.1) is 10.2 Å². The molecule has 0 aliphatic carbocycles. The summed E-state index contributed by atoms with van der Waals surface area (Å²) in [5.41, 5.74) is 1.65. The Hall–Kier alpha value is -2.14. The zero-order valence-corrected chi connectivity index (χ0v) is 11.0. The number of methoxy groups -OCH3 is 1. The summed E-state index contributed by atoms with van der Waals surface area (Å²) in [7, 11) is 1.63. The normalized spacial score (nSPS) is 11.9. The lowest BCUT2D eigenvalue weighted by Gasteiger charge is -2.09. The lowest BCUT2D eigenvalue weighted by Crippen LogP contribution is -2.16. The molecular weight excluding hydrogens is 242 g/mol. The standard InChI is InChI=1S/C14H17N3O2/c1-10(18)9-15-14-8-7-12(16-17-14)11-5-3-4-6-13(11)19-2/h3-8,10,18H,9H2,1-2H3,(H,15,17)/t10-/m0/s1. The van der Waals surface area contributed by atoms with Crippen LogP contribution in [0, 0.1) is 0 Å². The summed E-state index contributed by atoms with van der Waals surface area (Å²) in [6, 6.07) is 11.4. The number of benzene rings is 1. The van der Waals surface area contributed by atoms with Gasteiger partial charge in [0.1, 0.15) is 11.6 Å². The molecule has 5 heteroatoms. The summed E-state index contributed by atoms with van der Waals surface area (Å²) in [5.74, 6) is 1.40. The zero-order chi connectivity index (χ0) is 13.7. The average Bonchev–Trinajstić information content (AvgIpc) is 2.45. The number of aliphatic hydroxyl groups excluding tert-OH is 1. The van der Waals surface area contributed by atoms with Crippen LogP contribution < -0.4 is 10.1 Å². The lowest BCUT2D eigenvalue weighted by molar-refractivity contribution is 0.208. The Labute approximate surface area is 112 Å². The minimum Gasteiger partial charge on any atom is -0.496 e. The molecule has 0 unspecified atom stereocenters. The first-order valence-corrected chi connectivity index (χ1v) is 6.09. The molecule has 0 bridgehead atoms. The van der Waals surface area contributed by atoms with E-state index < -0.39 is 6.10 Å². The van der Waals surface area contributed by atoms with Crippen LogP contribution in [-0.4, -0.2) is 35.1 Å². The van der Waals surface area contributed by atoms with Crippen molar-refractivity contribution >= 4 is 5.82 Å². The molecule has 19 heavy (non-hydrogen) atoms. The van der Waals surface area contributed by atoms with Gasteiger partial charge in [-0.05, 0) is 31.2 Å². The van der Waals surface area contributed by atoms with Crippen LogP contribution in [0.4, 0.5) is 5.82 Å². The molecule has 5 nitrogen and oxygen atoms in total. The van der Waals surface area contributed by atoms with Crippen LogP contribution in [0.5, 0.6) is 5.75 Å². The van der Waals surface area contributed by atoms with Gasteiger partial charge in [0.15, 0.2) is 0 Å². The highest BCUT2D eigenvalue weighted by atomic mass is 16.5. The van der Waals surface area contributed by atoms with E-state index >= 15 is 0 Å². The van der Waals surface area contributed by atoms with Crippen molar-refractivity contribution in [3.05, 3.63) is 36.4 Å². The largest absolute Gasteiger partial charge is 0.496 e. The minimum absolute atomic E-state index is 0.421. The van der Waals surface area contributed by atoms with Crippen molar-refractivity contribution in [2.45, 2.75) is 13.0 Å². The van der Waals surface area contributed by atoms with Crippen molar-refractivity contribution in [2.24, 2.45) is 0 Å². The average molecular weight is 259 g/mol. The Morgan fingerprint density at radius 3 is 2.63 bits per heavy atom. The number of anilines is 1. The van der Waals surface area contributed by atoms with E-state index in [2.05, 4.69) is 15.5 Å². The number of hydrogen-bond donors (Lipinski definition) is 2. The van der Waals surface area contributed by atoms with Crippen LogP contribution in [0.15, 0.2) is 36.4 Å². The highest BCUT2D eigenvalue weighted by Gasteiger charge is 2.07. The maximum Gasteiger partial charge on any atom is 0.148 e. The Morgan fingerprint density at radius 2 is 2.00 bits per heavy atom. The van der Waals surface area contributed by atoms with E-state index in [4.69, 9.17) is 4.74 Å². The molecule has 0 saturated heterocycles. The molecular formula is C14H17N3O2. The summed E-state index contributed by atoms with van der Waals surface area (Å²) in [6.07, 6.45) is -0.421. The molecule has 1 aromatic carbocycles. The summed E-state index contributed by atoms with van der Waals surface area (Å²) >= 11 is 0. The van der Waals surface area contributed by atoms with Crippen LogP contribution >= 0.6 is 0 Å². The molecule has 0 aliphatic rings. The third-order valence-corrected chi connectivity index (χ3v) is 2.63. The fraction of sp³-hybridized carbons (Fsp3) is 0.286. The van der Waals surface area contributed by atoms with Crippen LogP contribution in [-0.2, 0) is 0 Å². The van der Waals surface area contributed by atoms with Gasteiger partial charge in [0.25, 0.3) is 0 Å². The first-order chi connectivity index (χ1) is 9.20. The van der Waals surface area contributed by atoms with Gasteiger partial charge in [0.2, 0.25) is 0 Å². The van der Waals surface area contributed by atoms with E-state index in [1.807, 2.05) is 36.4 Å². The molecule has 1 heterocycles. The molecule has 0 fully saturated rings. The quantitative estimate of drug-likeness (QED) is 0.859. The summed E-state index contributed by atoms with van der Waals surface area (Å²) in [5, 5.41) is 20.4. The molecule has 0 spiro atoms. The van der Waals surface area contributed by atoms with Crippen LogP contribution in [0.1, 0.15) is 6.92 Å². The Morgan fingerprint density at radius 1 is 1.21 bits per heavy atom. The van der Waals surface area contributed by atoms with Gasteiger partial charge in [0, 0.05) is 12.1 Å². The van der Waals surface area contributed by atoms with Gasteiger partial charge in [0.05, 0.1) is 18.9 Å². The van der Waals surface area contributed by atoms with Gasteiger partial charge >= 0.3 is 0 Å². The number of rotatable bonds is 5. The predicted octanol–water partition coefficient (Wildman–Crippen LogP) is 1.94. The highest BCUT2D eigenvalue weighted by Crippen LogP contribution is 2.27. The monoisotopic (exact) mass is 259 g/mol. The summed E-state index contributed by atoms with van der Waals surface area (Å²) in [4.78, 5) is 0. The fourth-order valence-electron chi connectivity index (χ4n) is 1.68. The molecule has 0 amide bonds. The van der Waals surface area contributed by atoms with Gasteiger partial charge < -0.3 is 15.2 Å². The first-order valence-electron chi connectivity index (χ1n) is 6.09. The second-order valence-electron chi connectivity index (χ2n) is 4.23. The maximum atomic E-state index is 9.19. The number of aliphatic hydroxyl groups is 1. The second-order valence-corrected chi connectivity index (χ2v) is 4.23. The Balaban J connectivity index is 2.18. The molecule has 100 valence electrons. The van der Waals surface area contributed by atoms with Crippen molar-refractivity contribution < 1.29 is 9.84 Å². The van der Waals surface area contributed by atoms with E-state index in [0.29, 0.717) is 12.4 Å². The second kappa shape index (κ2) is 6.15. The number of ether oxygens (including phenoxy) is 1. The zero-order valence-electron chi connectivity index (χ0n) is 11.0. The fourth-order valence-corrected chi connectivity index (χ4v) is 1.68. The molecule has 0 radical (unpaired) electrons. The number of nitrogens with zero attached hydrogens (tertiary/aromatic N) is 2. The van der Waals surface area contributed by atoms with Crippen LogP contribution in [0.25, 0.3) is 11.3 Å². The van der Waals surface area contributed by atoms with Crippen LogP contribution in [0.2, 0.25) is 0 Å². The molecule has 1 atom stereocenters. The van der Waals surface area contributed by atoms with Gasteiger partial charge in [-0.25, -0.2) is 0 Å². The Bertz CT molecular complexity index is 526. The number of aromatic nitrogens is 2. The minimum atomic E-state index is -0.421. The Kier molecular flexibility index (Phi) is 4.30. The van der Waals surface area contributed by atoms with E-state index in [0.717, 1.165) is 17.0 Å². The first kappa shape index (κ1) is 13.3. The highest BCUT2D eigenvalue weighted by molar-refractivity contribution is 5.67. The van der Waals surface area contributed by atoms with Gasteiger partial charge in [-0.3, -0.25) is 0 Å². The molecule has 2 N–H and O–H groups in total. The van der Waals surface area contributed by atoms with E-state index in [-0.39, 0.29) is 0 Å². The molecule has 1 aromatic heterocycles. The number of hydrogen-bond acceptors (Lipinski definition) is 5. The van der Waals surface area contributed by atoms with E-state index in [9.17, 15) is 5.11 Å². The predicted molar refractivity (Wildman–Crippen MR) is 74.2 cm³/mol. The molecule has 2 aromatic rings. The van der Waals surface area contributed by atoms with E-state index in [1.165, 1.54) is 0 Å². The molecule has 2 rings (SSSR count).